The van der Waals surface area contributed by atoms with Crippen molar-refractivity contribution in [2.24, 2.45) is 5.73 Å². The monoisotopic (exact) mass is 320 g/mol. The van der Waals surface area contributed by atoms with E-state index in [-0.39, 0.29) is 12.1 Å². The molecule has 0 heterocycles. The van der Waals surface area contributed by atoms with Crippen molar-refractivity contribution in [3.8, 4) is 0 Å². The van der Waals surface area contributed by atoms with Crippen LogP contribution >= 0.6 is 27.5 Å². The lowest BCUT2D eigenvalue weighted by Crippen LogP contribution is -2.25. The first kappa shape index (κ1) is 13.9. The van der Waals surface area contributed by atoms with Crippen molar-refractivity contribution in [3.63, 3.8) is 0 Å². The molecule has 0 radical (unpaired) electrons. The van der Waals surface area contributed by atoms with E-state index in [0.29, 0.717) is 10.0 Å². The van der Waals surface area contributed by atoms with E-state index in [1.165, 1.54) is 6.07 Å². The van der Waals surface area contributed by atoms with Crippen LogP contribution < -0.4 is 5.73 Å². The highest BCUT2D eigenvalue weighted by atomic mass is 79.9. The summed E-state index contributed by atoms with van der Waals surface area (Å²) in [4.78, 5) is 21.3. The van der Waals surface area contributed by atoms with Gasteiger partial charge >= 0.3 is 0 Å². The lowest BCUT2D eigenvalue weighted by Gasteiger charge is -2.09. The zero-order valence-corrected chi connectivity index (χ0v) is 11.3. The lowest BCUT2D eigenvalue weighted by molar-refractivity contribution is -0.385. The predicted octanol–water partition coefficient (Wildman–Crippen LogP) is 2.30. The minimum atomic E-state index is -0.965. The molecule has 0 spiro atoms. The number of amides is 1. The number of carbonyl (C=O) groups is 1. The molecule has 92 valence electrons. The second-order valence-electron chi connectivity index (χ2n) is 3.58. The van der Waals surface area contributed by atoms with Gasteiger partial charge in [0.05, 0.1) is 4.92 Å². The first-order valence-electron chi connectivity index (χ1n) is 4.69. The van der Waals surface area contributed by atoms with Crippen LogP contribution in [0.4, 0.5) is 5.69 Å². The Morgan fingerprint density at radius 3 is 2.71 bits per heavy atom. The normalized spacial score (nSPS) is 12.2. The zero-order chi connectivity index (χ0) is 13.2. The van der Waals surface area contributed by atoms with Gasteiger partial charge in [-0.2, -0.15) is 0 Å². The van der Waals surface area contributed by atoms with Crippen molar-refractivity contribution in [3.05, 3.63) is 37.8 Å². The largest absolute Gasteiger partial charge is 0.368 e. The van der Waals surface area contributed by atoms with Crippen LogP contribution in [0.5, 0.6) is 0 Å². The summed E-state index contributed by atoms with van der Waals surface area (Å²) in [7, 11) is 0. The average Bonchev–Trinajstić information content (AvgIpc) is 2.20. The Morgan fingerprint density at radius 1 is 1.65 bits per heavy atom. The van der Waals surface area contributed by atoms with Gasteiger partial charge in [-0.3, -0.25) is 14.9 Å². The quantitative estimate of drug-likeness (QED) is 0.524. The van der Waals surface area contributed by atoms with Crippen molar-refractivity contribution in [2.75, 3.05) is 0 Å². The molecule has 1 aromatic carbocycles. The molecular formula is C10H10BrClN2O3. The van der Waals surface area contributed by atoms with Gasteiger partial charge in [0.25, 0.3) is 5.69 Å². The number of benzene rings is 1. The number of nitro groups is 1. The molecule has 0 fully saturated rings. The highest BCUT2D eigenvalue weighted by Gasteiger charge is 2.22. The Balaban J connectivity index is 3.21. The first-order chi connectivity index (χ1) is 7.82. The smallest absolute Gasteiger partial charge is 0.274 e. The van der Waals surface area contributed by atoms with Gasteiger partial charge < -0.3 is 5.73 Å². The van der Waals surface area contributed by atoms with Crippen LogP contribution in [0.2, 0.25) is 0 Å². The van der Waals surface area contributed by atoms with Gasteiger partial charge in [0.15, 0.2) is 0 Å². The van der Waals surface area contributed by atoms with Crippen LogP contribution in [0.25, 0.3) is 0 Å². The molecule has 0 aliphatic heterocycles. The molecule has 0 bridgehead atoms. The third-order valence-electron chi connectivity index (χ3n) is 2.21. The topological polar surface area (TPSA) is 86.2 Å². The average molecular weight is 322 g/mol. The summed E-state index contributed by atoms with van der Waals surface area (Å²) in [6, 6.07) is 3.16. The maximum absolute atomic E-state index is 10.9. The first-order valence-corrected chi connectivity index (χ1v) is 5.92. The van der Waals surface area contributed by atoms with E-state index in [9.17, 15) is 14.9 Å². The lowest BCUT2D eigenvalue weighted by atomic mass is 10.0. The number of hydrogen-bond acceptors (Lipinski definition) is 3. The van der Waals surface area contributed by atoms with E-state index >= 15 is 0 Å². The number of alkyl halides is 1. The van der Waals surface area contributed by atoms with Crippen LogP contribution in [0, 0.1) is 17.0 Å². The van der Waals surface area contributed by atoms with Gasteiger partial charge in [0, 0.05) is 22.5 Å². The van der Waals surface area contributed by atoms with Crippen LogP contribution in [0.1, 0.15) is 11.1 Å². The van der Waals surface area contributed by atoms with Crippen molar-refractivity contribution in [1.29, 1.82) is 0 Å². The number of rotatable bonds is 4. The number of halogens is 2. The highest BCUT2D eigenvalue weighted by Crippen LogP contribution is 2.30. The number of carbonyl (C=O) groups excluding carboxylic acids is 1. The summed E-state index contributed by atoms with van der Waals surface area (Å²) in [6.07, 6.45) is 0.0219. The Hall–Kier alpha value is -1.14. The molecule has 1 unspecified atom stereocenters. The summed E-state index contributed by atoms with van der Waals surface area (Å²) in [5.41, 5.74) is 6.09. The van der Waals surface area contributed by atoms with Crippen LogP contribution in [-0.2, 0) is 11.2 Å². The summed E-state index contributed by atoms with van der Waals surface area (Å²) >= 11 is 8.95. The zero-order valence-electron chi connectivity index (χ0n) is 8.94. The van der Waals surface area contributed by atoms with Gasteiger partial charge in [-0.05, 0) is 18.6 Å². The predicted molar refractivity (Wildman–Crippen MR) is 68.1 cm³/mol. The van der Waals surface area contributed by atoms with Gasteiger partial charge in [-0.1, -0.05) is 15.9 Å². The van der Waals surface area contributed by atoms with Gasteiger partial charge in [-0.25, -0.2) is 0 Å². The standard InChI is InChI=1S/C10H10BrClN2O3/c1-5-2-7(11)6(4-8(12)10(13)15)9(3-5)14(16)17/h2-3,8H,4H2,1H3,(H2,13,15). The molecule has 2 N–H and O–H groups in total. The molecule has 0 aliphatic carbocycles. The minimum absolute atomic E-state index is 0.0219. The van der Waals surface area contributed by atoms with E-state index in [1.54, 1.807) is 13.0 Å². The number of primary amides is 1. The molecule has 1 rings (SSSR count). The Labute approximate surface area is 111 Å². The second-order valence-corrected chi connectivity index (χ2v) is 4.96. The SMILES string of the molecule is Cc1cc(Br)c(CC(Cl)C(N)=O)c([N+](=O)[O-])c1. The van der Waals surface area contributed by atoms with Crippen molar-refractivity contribution < 1.29 is 9.72 Å². The third-order valence-corrected chi connectivity index (χ3v) is 3.28. The third kappa shape index (κ3) is 3.41. The Bertz CT molecular complexity index is 479. The van der Waals surface area contributed by atoms with Crippen molar-refractivity contribution in [1.82, 2.24) is 0 Å². The Morgan fingerprint density at radius 2 is 2.24 bits per heavy atom. The van der Waals surface area contributed by atoms with Crippen LogP contribution in [0.15, 0.2) is 16.6 Å². The number of hydrogen-bond donors (Lipinski definition) is 1. The number of aryl methyl sites for hydroxylation is 1. The molecule has 1 amide bonds. The molecule has 5 nitrogen and oxygen atoms in total. The van der Waals surface area contributed by atoms with Crippen molar-refractivity contribution in [2.45, 2.75) is 18.7 Å². The van der Waals surface area contributed by atoms with E-state index in [1.807, 2.05) is 0 Å². The molecular weight excluding hydrogens is 311 g/mol. The molecule has 1 atom stereocenters. The molecule has 0 aromatic heterocycles. The van der Waals surface area contributed by atoms with Gasteiger partial charge in [0.2, 0.25) is 5.91 Å². The summed E-state index contributed by atoms with van der Waals surface area (Å²) in [5, 5.41) is 9.94. The van der Waals surface area contributed by atoms with E-state index < -0.39 is 16.2 Å². The maximum Gasteiger partial charge on any atom is 0.274 e. The van der Waals surface area contributed by atoms with Crippen molar-refractivity contribution >= 4 is 39.1 Å². The minimum Gasteiger partial charge on any atom is -0.368 e. The molecule has 7 heteroatoms. The summed E-state index contributed by atoms with van der Waals surface area (Å²) in [6.45, 7) is 1.74. The number of nitrogens with two attached hydrogens (primary N) is 1. The Kier molecular flexibility index (Phi) is 4.47. The number of nitrogens with zero attached hydrogens (tertiary/aromatic N) is 1. The molecule has 1 aromatic rings. The van der Waals surface area contributed by atoms with E-state index in [0.717, 1.165) is 5.56 Å². The van der Waals surface area contributed by atoms with Gasteiger partial charge in [0.1, 0.15) is 5.38 Å². The van der Waals surface area contributed by atoms with E-state index in [4.69, 9.17) is 17.3 Å². The van der Waals surface area contributed by atoms with E-state index in [2.05, 4.69) is 15.9 Å². The highest BCUT2D eigenvalue weighted by molar-refractivity contribution is 9.10. The van der Waals surface area contributed by atoms with Crippen LogP contribution in [-0.4, -0.2) is 16.2 Å². The summed E-state index contributed by atoms with van der Waals surface area (Å²) < 4.78 is 0.552. The molecule has 0 saturated carbocycles. The van der Waals surface area contributed by atoms with Gasteiger partial charge in [-0.15, -0.1) is 11.6 Å². The fraction of sp³-hybridized carbons (Fsp3) is 0.300. The molecule has 17 heavy (non-hydrogen) atoms. The summed E-state index contributed by atoms with van der Waals surface area (Å²) in [5.74, 6) is -0.701. The van der Waals surface area contributed by atoms with Crippen LogP contribution in [0.3, 0.4) is 0 Å². The molecule has 0 aliphatic rings. The fourth-order valence-corrected chi connectivity index (χ4v) is 2.28. The maximum atomic E-state index is 10.9. The number of nitro benzene ring substituents is 1. The molecule has 0 saturated heterocycles. The fourth-order valence-electron chi connectivity index (χ4n) is 1.40. The second kappa shape index (κ2) is 5.46.